The van der Waals surface area contributed by atoms with E-state index < -0.39 is 0 Å². The summed E-state index contributed by atoms with van der Waals surface area (Å²) in [6.07, 6.45) is 1.65. The van der Waals surface area contributed by atoms with Gasteiger partial charge in [-0.3, -0.25) is 0 Å². The van der Waals surface area contributed by atoms with Crippen molar-refractivity contribution in [2.24, 2.45) is 5.16 Å². The Balaban J connectivity index is 2.89. The van der Waals surface area contributed by atoms with Crippen LogP contribution in [0.1, 0.15) is 12.5 Å². The van der Waals surface area contributed by atoms with E-state index in [1.54, 1.807) is 12.3 Å². The maximum Gasteiger partial charge on any atom is 0.129 e. The summed E-state index contributed by atoms with van der Waals surface area (Å²) in [5, 5.41) is 4.23. The van der Waals surface area contributed by atoms with Gasteiger partial charge < -0.3 is 4.84 Å². The van der Waals surface area contributed by atoms with Crippen molar-refractivity contribution >= 4 is 17.3 Å². The van der Waals surface area contributed by atoms with E-state index in [1.165, 1.54) is 7.11 Å². The summed E-state index contributed by atoms with van der Waals surface area (Å²) >= 11 is 5.61. The molecule has 0 aliphatic heterocycles. The average Bonchev–Trinajstić information content (AvgIpc) is 2.06. The fourth-order valence-corrected chi connectivity index (χ4v) is 0.891. The maximum absolute atomic E-state index is 5.61. The van der Waals surface area contributed by atoms with Crippen LogP contribution < -0.4 is 0 Å². The van der Waals surface area contributed by atoms with E-state index in [0.717, 1.165) is 11.3 Å². The van der Waals surface area contributed by atoms with Crippen LogP contribution in [-0.2, 0) is 4.84 Å². The molecule has 0 amide bonds. The molecule has 0 aliphatic carbocycles. The normalized spacial score (nSPS) is 11.4. The first-order valence-electron chi connectivity index (χ1n) is 3.43. The zero-order chi connectivity index (χ0) is 8.97. The number of pyridine rings is 1. The van der Waals surface area contributed by atoms with Crippen molar-refractivity contribution in [2.45, 2.75) is 6.92 Å². The molecule has 1 aromatic heterocycles. The Morgan fingerprint density at radius 2 is 2.33 bits per heavy atom. The molecule has 12 heavy (non-hydrogen) atoms. The van der Waals surface area contributed by atoms with E-state index in [4.69, 9.17) is 11.6 Å². The molecule has 3 nitrogen and oxygen atoms in total. The van der Waals surface area contributed by atoms with Crippen LogP contribution in [0.4, 0.5) is 0 Å². The first kappa shape index (κ1) is 9.00. The second-order valence-corrected chi connectivity index (χ2v) is 2.62. The van der Waals surface area contributed by atoms with Crippen LogP contribution in [0.25, 0.3) is 0 Å². The van der Waals surface area contributed by atoms with Crippen molar-refractivity contribution in [3.63, 3.8) is 0 Å². The third kappa shape index (κ3) is 2.20. The quantitative estimate of drug-likeness (QED) is 0.401. The summed E-state index contributed by atoms with van der Waals surface area (Å²) in [7, 11) is 1.51. The van der Waals surface area contributed by atoms with Gasteiger partial charge in [0.05, 0.1) is 5.71 Å². The number of hydrogen-bond acceptors (Lipinski definition) is 3. The van der Waals surface area contributed by atoms with Crippen LogP contribution >= 0.6 is 11.6 Å². The van der Waals surface area contributed by atoms with Gasteiger partial charge in [0.25, 0.3) is 0 Å². The lowest BCUT2D eigenvalue weighted by Gasteiger charge is -1.97. The van der Waals surface area contributed by atoms with Crippen LogP contribution in [0, 0.1) is 0 Å². The summed E-state index contributed by atoms with van der Waals surface area (Å²) < 4.78 is 0. The molecule has 0 aromatic carbocycles. The van der Waals surface area contributed by atoms with Gasteiger partial charge in [0, 0.05) is 11.8 Å². The lowest BCUT2D eigenvalue weighted by Crippen LogP contribution is -1.95. The average molecular weight is 185 g/mol. The van der Waals surface area contributed by atoms with Crippen LogP contribution in [0.15, 0.2) is 23.5 Å². The zero-order valence-electron chi connectivity index (χ0n) is 6.91. The summed E-state index contributed by atoms with van der Waals surface area (Å²) in [4.78, 5) is 8.53. The van der Waals surface area contributed by atoms with Crippen LogP contribution in [0.2, 0.25) is 5.15 Å². The highest BCUT2D eigenvalue weighted by molar-refractivity contribution is 6.29. The second-order valence-electron chi connectivity index (χ2n) is 2.23. The Labute approximate surface area is 76.0 Å². The van der Waals surface area contributed by atoms with E-state index in [9.17, 15) is 0 Å². The van der Waals surface area contributed by atoms with Crippen molar-refractivity contribution in [3.8, 4) is 0 Å². The molecule has 0 unspecified atom stereocenters. The van der Waals surface area contributed by atoms with Gasteiger partial charge in [0.15, 0.2) is 0 Å². The molecule has 1 aromatic rings. The summed E-state index contributed by atoms with van der Waals surface area (Å²) in [6, 6.07) is 3.55. The van der Waals surface area contributed by atoms with Gasteiger partial charge in [-0.15, -0.1) is 0 Å². The van der Waals surface area contributed by atoms with E-state index >= 15 is 0 Å². The van der Waals surface area contributed by atoms with Gasteiger partial charge in [-0.1, -0.05) is 16.8 Å². The maximum atomic E-state index is 5.61. The van der Waals surface area contributed by atoms with E-state index in [2.05, 4.69) is 15.0 Å². The number of rotatable bonds is 2. The molecule has 0 saturated heterocycles. The third-order valence-electron chi connectivity index (χ3n) is 1.37. The molecule has 0 N–H and O–H groups in total. The summed E-state index contributed by atoms with van der Waals surface area (Å²) in [5.41, 5.74) is 1.68. The Morgan fingerprint density at radius 1 is 1.58 bits per heavy atom. The highest BCUT2D eigenvalue weighted by Crippen LogP contribution is 2.06. The minimum Gasteiger partial charge on any atom is -0.399 e. The Kier molecular flexibility index (Phi) is 3.05. The lowest BCUT2D eigenvalue weighted by molar-refractivity contribution is 0.213. The van der Waals surface area contributed by atoms with E-state index in [1.807, 2.05) is 13.0 Å². The molecule has 0 spiro atoms. The molecule has 64 valence electrons. The first-order chi connectivity index (χ1) is 5.74. The molecule has 1 rings (SSSR count). The molecule has 0 radical (unpaired) electrons. The summed E-state index contributed by atoms with van der Waals surface area (Å²) in [5.74, 6) is 0. The highest BCUT2D eigenvalue weighted by atomic mass is 35.5. The minimum absolute atomic E-state index is 0.476. The monoisotopic (exact) mass is 184 g/mol. The molecule has 0 fully saturated rings. The van der Waals surface area contributed by atoms with Crippen LogP contribution in [0.3, 0.4) is 0 Å². The van der Waals surface area contributed by atoms with Crippen molar-refractivity contribution in [2.75, 3.05) is 7.11 Å². The molecule has 4 heteroatoms. The topological polar surface area (TPSA) is 34.5 Å². The standard InChI is InChI=1S/C8H9ClN2O/c1-6(11-12-2)7-3-4-8(9)10-5-7/h3-5H,1-2H3/b11-6+. The smallest absolute Gasteiger partial charge is 0.129 e. The van der Waals surface area contributed by atoms with Gasteiger partial charge in [0.2, 0.25) is 0 Å². The number of aromatic nitrogens is 1. The summed E-state index contributed by atoms with van der Waals surface area (Å²) in [6.45, 7) is 1.84. The van der Waals surface area contributed by atoms with Crippen molar-refractivity contribution in [3.05, 3.63) is 29.0 Å². The molecular weight excluding hydrogens is 176 g/mol. The number of nitrogens with zero attached hydrogens (tertiary/aromatic N) is 2. The van der Waals surface area contributed by atoms with Gasteiger partial charge in [-0.2, -0.15) is 0 Å². The van der Waals surface area contributed by atoms with Crippen LogP contribution in [0.5, 0.6) is 0 Å². The van der Waals surface area contributed by atoms with Crippen molar-refractivity contribution in [1.29, 1.82) is 0 Å². The fourth-order valence-electron chi connectivity index (χ4n) is 0.779. The highest BCUT2D eigenvalue weighted by Gasteiger charge is 1.97. The van der Waals surface area contributed by atoms with Crippen molar-refractivity contribution in [1.82, 2.24) is 4.98 Å². The van der Waals surface area contributed by atoms with Gasteiger partial charge in [-0.05, 0) is 19.1 Å². The van der Waals surface area contributed by atoms with Gasteiger partial charge >= 0.3 is 0 Å². The molecular formula is C8H9ClN2O. The Bertz CT molecular complexity index is 282. The Hall–Kier alpha value is -1.09. The SMILES string of the molecule is CO/N=C(\C)c1ccc(Cl)nc1. The van der Waals surface area contributed by atoms with Crippen molar-refractivity contribution < 1.29 is 4.84 Å². The molecule has 1 heterocycles. The van der Waals surface area contributed by atoms with E-state index in [-0.39, 0.29) is 0 Å². The van der Waals surface area contributed by atoms with E-state index in [0.29, 0.717) is 5.15 Å². The fraction of sp³-hybridized carbons (Fsp3) is 0.250. The second kappa shape index (κ2) is 4.07. The largest absolute Gasteiger partial charge is 0.399 e. The molecule has 0 saturated carbocycles. The zero-order valence-corrected chi connectivity index (χ0v) is 7.67. The van der Waals surface area contributed by atoms with Gasteiger partial charge in [-0.25, -0.2) is 4.98 Å². The molecule has 0 atom stereocenters. The lowest BCUT2D eigenvalue weighted by atomic mass is 10.2. The number of hydrogen-bond donors (Lipinski definition) is 0. The van der Waals surface area contributed by atoms with Gasteiger partial charge in [0.1, 0.15) is 12.3 Å². The minimum atomic E-state index is 0.476. The molecule has 0 bridgehead atoms. The Morgan fingerprint density at radius 3 is 2.83 bits per heavy atom. The number of oxime groups is 1. The predicted octanol–water partition coefficient (Wildman–Crippen LogP) is 2.11. The van der Waals surface area contributed by atoms with Crippen LogP contribution in [-0.4, -0.2) is 17.8 Å². The first-order valence-corrected chi connectivity index (χ1v) is 3.81. The molecule has 0 aliphatic rings. The predicted molar refractivity (Wildman–Crippen MR) is 48.5 cm³/mol. The third-order valence-corrected chi connectivity index (χ3v) is 1.60. The number of halogens is 1.